The maximum atomic E-state index is 2.43. The van der Waals surface area contributed by atoms with Gasteiger partial charge < -0.3 is 9.13 Å². The maximum Gasteiger partial charge on any atom is 0.0561 e. The van der Waals surface area contributed by atoms with Crippen molar-refractivity contribution >= 4 is 54.4 Å². The lowest BCUT2D eigenvalue weighted by atomic mass is 10.1. The fourth-order valence-corrected chi connectivity index (χ4v) is 6.04. The van der Waals surface area contributed by atoms with Crippen molar-refractivity contribution in [2.24, 2.45) is 0 Å². The standard InChI is InChI=1S/C34H22N2/c1-5-17-28-24(13-1)25-14-2-6-18-29(25)35(28)32-21-9-11-23-12-10-22-33(34(23)32)36-30-19-7-3-15-26(30)27-16-4-8-20-31(27)36/h1-22H. The van der Waals surface area contributed by atoms with E-state index in [9.17, 15) is 0 Å². The van der Waals surface area contributed by atoms with E-state index in [2.05, 4.69) is 143 Å². The van der Waals surface area contributed by atoms with Gasteiger partial charge in [-0.05, 0) is 41.8 Å². The second kappa shape index (κ2) is 7.34. The minimum atomic E-state index is 1.20. The molecule has 0 spiro atoms. The number of nitrogens with zero attached hydrogens (tertiary/aromatic N) is 2. The van der Waals surface area contributed by atoms with E-state index >= 15 is 0 Å². The summed E-state index contributed by atoms with van der Waals surface area (Å²) >= 11 is 0. The number of para-hydroxylation sites is 4. The lowest BCUT2D eigenvalue weighted by molar-refractivity contribution is 1.17. The highest BCUT2D eigenvalue weighted by molar-refractivity contribution is 6.13. The highest BCUT2D eigenvalue weighted by Crippen LogP contribution is 2.39. The molecule has 2 aromatic heterocycles. The molecule has 0 fully saturated rings. The average molecular weight is 459 g/mol. The predicted octanol–water partition coefficient (Wildman–Crippen LogP) is 9.03. The van der Waals surface area contributed by atoms with Crippen LogP contribution in [-0.2, 0) is 0 Å². The second-order valence-corrected chi connectivity index (χ2v) is 9.39. The smallest absolute Gasteiger partial charge is 0.0561 e. The molecule has 6 aromatic carbocycles. The molecule has 2 nitrogen and oxygen atoms in total. The summed E-state index contributed by atoms with van der Waals surface area (Å²) in [5.41, 5.74) is 7.29. The summed E-state index contributed by atoms with van der Waals surface area (Å²) in [6.07, 6.45) is 0. The first-order valence-electron chi connectivity index (χ1n) is 12.4. The molecule has 0 aliphatic rings. The monoisotopic (exact) mass is 458 g/mol. The van der Waals surface area contributed by atoms with Crippen LogP contribution in [-0.4, -0.2) is 9.13 Å². The summed E-state index contributed by atoms with van der Waals surface area (Å²) in [5.74, 6) is 0. The van der Waals surface area contributed by atoms with Crippen molar-refractivity contribution in [2.45, 2.75) is 0 Å². The van der Waals surface area contributed by atoms with Crippen molar-refractivity contribution in [2.75, 3.05) is 0 Å². The molecule has 0 atom stereocenters. The molecule has 8 rings (SSSR count). The molecular formula is C34H22N2. The van der Waals surface area contributed by atoms with Crippen LogP contribution in [0.2, 0.25) is 0 Å². The zero-order chi connectivity index (χ0) is 23.6. The van der Waals surface area contributed by atoms with Crippen LogP contribution in [0, 0.1) is 0 Å². The molecule has 2 heteroatoms. The minimum absolute atomic E-state index is 1.20. The molecule has 0 saturated heterocycles. The topological polar surface area (TPSA) is 9.86 Å². The van der Waals surface area contributed by atoms with Gasteiger partial charge in [-0.2, -0.15) is 0 Å². The van der Waals surface area contributed by atoms with Crippen molar-refractivity contribution in [3.63, 3.8) is 0 Å². The molecule has 0 N–H and O–H groups in total. The van der Waals surface area contributed by atoms with Gasteiger partial charge in [0, 0.05) is 26.9 Å². The molecule has 2 heterocycles. The van der Waals surface area contributed by atoms with Gasteiger partial charge in [0.15, 0.2) is 0 Å². The van der Waals surface area contributed by atoms with Gasteiger partial charge in [0.25, 0.3) is 0 Å². The van der Waals surface area contributed by atoms with Gasteiger partial charge in [0.05, 0.1) is 33.4 Å². The van der Waals surface area contributed by atoms with Crippen LogP contribution in [0.4, 0.5) is 0 Å². The predicted molar refractivity (Wildman–Crippen MR) is 153 cm³/mol. The van der Waals surface area contributed by atoms with Crippen LogP contribution < -0.4 is 0 Å². The highest BCUT2D eigenvalue weighted by atomic mass is 15.0. The Morgan fingerprint density at radius 2 is 0.639 bits per heavy atom. The minimum Gasteiger partial charge on any atom is -0.309 e. The van der Waals surface area contributed by atoms with E-state index in [1.54, 1.807) is 0 Å². The van der Waals surface area contributed by atoms with Gasteiger partial charge in [-0.25, -0.2) is 0 Å². The number of aromatic nitrogens is 2. The number of hydrogen-bond donors (Lipinski definition) is 0. The number of fused-ring (bicyclic) bond motifs is 7. The van der Waals surface area contributed by atoms with Gasteiger partial charge in [-0.3, -0.25) is 0 Å². The summed E-state index contributed by atoms with van der Waals surface area (Å²) in [7, 11) is 0. The second-order valence-electron chi connectivity index (χ2n) is 9.39. The molecule has 168 valence electrons. The van der Waals surface area contributed by atoms with E-state index in [1.165, 1.54) is 65.8 Å². The highest BCUT2D eigenvalue weighted by Gasteiger charge is 2.18. The van der Waals surface area contributed by atoms with Gasteiger partial charge in [0.2, 0.25) is 0 Å². The van der Waals surface area contributed by atoms with E-state index in [1.807, 2.05) is 0 Å². The van der Waals surface area contributed by atoms with Gasteiger partial charge in [0.1, 0.15) is 0 Å². The van der Waals surface area contributed by atoms with Gasteiger partial charge in [-0.15, -0.1) is 0 Å². The number of benzene rings is 6. The first-order valence-corrected chi connectivity index (χ1v) is 12.4. The largest absolute Gasteiger partial charge is 0.309 e. The van der Waals surface area contributed by atoms with Crippen molar-refractivity contribution in [3.05, 3.63) is 133 Å². The Kier molecular flexibility index (Phi) is 3.97. The molecule has 0 aliphatic heterocycles. The zero-order valence-electron chi connectivity index (χ0n) is 19.6. The van der Waals surface area contributed by atoms with Gasteiger partial charge >= 0.3 is 0 Å². The van der Waals surface area contributed by atoms with Crippen molar-refractivity contribution in [1.82, 2.24) is 9.13 Å². The molecule has 0 saturated carbocycles. The Labute approximate surface area is 208 Å². The first kappa shape index (κ1) is 19.5. The zero-order valence-corrected chi connectivity index (χ0v) is 19.6. The molecule has 0 amide bonds. The molecule has 0 radical (unpaired) electrons. The van der Waals surface area contributed by atoms with Crippen LogP contribution in [0.3, 0.4) is 0 Å². The average Bonchev–Trinajstić information content (AvgIpc) is 3.46. The van der Waals surface area contributed by atoms with Crippen LogP contribution in [0.25, 0.3) is 65.8 Å². The van der Waals surface area contributed by atoms with Gasteiger partial charge in [-0.1, -0.05) is 97.1 Å². The van der Waals surface area contributed by atoms with Crippen molar-refractivity contribution in [1.29, 1.82) is 0 Å². The van der Waals surface area contributed by atoms with Crippen LogP contribution >= 0.6 is 0 Å². The van der Waals surface area contributed by atoms with E-state index in [4.69, 9.17) is 0 Å². The Balaban J connectivity index is 1.58. The fraction of sp³-hybridized carbons (Fsp3) is 0. The Morgan fingerprint density at radius 3 is 1.00 bits per heavy atom. The van der Waals surface area contributed by atoms with Crippen LogP contribution in [0.15, 0.2) is 133 Å². The molecule has 0 aliphatic carbocycles. The third-order valence-corrected chi connectivity index (χ3v) is 7.50. The summed E-state index contributed by atoms with van der Waals surface area (Å²) < 4.78 is 4.87. The Bertz CT molecular complexity index is 1850. The Morgan fingerprint density at radius 1 is 0.306 bits per heavy atom. The van der Waals surface area contributed by atoms with E-state index < -0.39 is 0 Å². The molecular weight excluding hydrogens is 436 g/mol. The van der Waals surface area contributed by atoms with Crippen molar-refractivity contribution in [3.8, 4) is 11.4 Å². The Hall–Kier alpha value is -4.82. The van der Waals surface area contributed by atoms with E-state index in [0.29, 0.717) is 0 Å². The molecule has 8 aromatic rings. The van der Waals surface area contributed by atoms with Crippen molar-refractivity contribution < 1.29 is 0 Å². The molecule has 0 bridgehead atoms. The SMILES string of the molecule is c1cc(-n2c3ccccc3c3ccccc32)c2c(-n3c4ccccc4c4ccccc43)cccc2c1. The maximum absolute atomic E-state index is 2.43. The molecule has 36 heavy (non-hydrogen) atoms. The normalized spacial score (nSPS) is 11.9. The summed E-state index contributed by atoms with van der Waals surface area (Å²) in [6, 6.07) is 48.2. The number of hydrogen-bond acceptors (Lipinski definition) is 0. The number of rotatable bonds is 2. The van der Waals surface area contributed by atoms with Crippen LogP contribution in [0.1, 0.15) is 0 Å². The summed E-state index contributed by atoms with van der Waals surface area (Å²) in [4.78, 5) is 0. The first-order chi connectivity index (χ1) is 17.9. The van der Waals surface area contributed by atoms with E-state index in [-0.39, 0.29) is 0 Å². The quantitative estimate of drug-likeness (QED) is 0.244. The summed E-state index contributed by atoms with van der Waals surface area (Å²) in [6.45, 7) is 0. The molecule has 0 unspecified atom stereocenters. The summed E-state index contributed by atoms with van der Waals surface area (Å²) in [5, 5.41) is 7.59. The third kappa shape index (κ3) is 2.56. The lowest BCUT2D eigenvalue weighted by Crippen LogP contribution is -2.00. The van der Waals surface area contributed by atoms with E-state index in [0.717, 1.165) is 0 Å². The third-order valence-electron chi connectivity index (χ3n) is 7.50. The fourth-order valence-electron chi connectivity index (χ4n) is 6.04. The lowest BCUT2D eigenvalue weighted by Gasteiger charge is -2.17. The van der Waals surface area contributed by atoms with Crippen LogP contribution in [0.5, 0.6) is 0 Å².